The van der Waals surface area contributed by atoms with Crippen molar-refractivity contribution in [3.05, 3.63) is 59.1 Å². The normalized spacial score (nSPS) is 10.6. The van der Waals surface area contributed by atoms with Gasteiger partial charge < -0.3 is 0 Å². The summed E-state index contributed by atoms with van der Waals surface area (Å²) in [5, 5.41) is 4.30. The van der Waals surface area contributed by atoms with Crippen LogP contribution in [0.4, 0.5) is 0 Å². The molecule has 0 aliphatic rings. The Balaban J connectivity index is 1.91. The van der Waals surface area contributed by atoms with E-state index in [9.17, 15) is 0 Å². The molecule has 19 heavy (non-hydrogen) atoms. The molecule has 0 spiro atoms. The number of benzene rings is 2. The maximum atomic E-state index is 4.30. The summed E-state index contributed by atoms with van der Waals surface area (Å²) in [6.07, 6.45) is 0. The van der Waals surface area contributed by atoms with Crippen LogP contribution in [-0.4, -0.2) is 23.9 Å². The molecule has 0 saturated heterocycles. The van der Waals surface area contributed by atoms with E-state index in [0.717, 1.165) is 15.7 Å². The Hall–Kier alpha value is -0.871. The first-order chi connectivity index (χ1) is 9.33. The molecular weight excluding hydrogens is 387 g/mol. The molecule has 1 heterocycles. The summed E-state index contributed by atoms with van der Waals surface area (Å²) < 4.78 is 6.58. The van der Waals surface area contributed by atoms with Crippen LogP contribution in [0.1, 0.15) is 0 Å². The molecule has 0 bridgehead atoms. The van der Waals surface area contributed by atoms with Gasteiger partial charge in [-0.2, -0.15) is 0 Å². The van der Waals surface area contributed by atoms with E-state index in [0.29, 0.717) is 0 Å². The molecule has 0 fully saturated rings. The van der Waals surface area contributed by atoms with Crippen LogP contribution < -0.4 is 0 Å². The van der Waals surface area contributed by atoms with E-state index < -0.39 is 0 Å². The van der Waals surface area contributed by atoms with Gasteiger partial charge in [0.25, 0.3) is 0 Å². The minimum absolute atomic E-state index is 0.100. The number of rotatable bonds is 3. The van der Waals surface area contributed by atoms with E-state index in [1.165, 1.54) is 8.66 Å². The second-order valence-corrected chi connectivity index (χ2v) is 8.00. The zero-order chi connectivity index (χ0) is 13.1. The molecule has 0 saturated carbocycles. The van der Waals surface area contributed by atoms with Crippen molar-refractivity contribution in [2.24, 2.45) is 0 Å². The number of hydrogen-bond acceptors (Lipinski definition) is 3. The fourth-order valence-corrected chi connectivity index (χ4v) is 4.61. The molecule has 0 radical (unpaired) electrons. The van der Waals surface area contributed by atoms with Gasteiger partial charge in [-0.05, 0) is 0 Å². The van der Waals surface area contributed by atoms with E-state index in [2.05, 4.69) is 61.5 Å². The van der Waals surface area contributed by atoms with Crippen LogP contribution in [0.15, 0.2) is 67.7 Å². The van der Waals surface area contributed by atoms with Crippen LogP contribution >= 0.6 is 27.7 Å². The van der Waals surface area contributed by atoms with Gasteiger partial charge in [0, 0.05) is 0 Å². The van der Waals surface area contributed by atoms with E-state index in [1.54, 1.807) is 11.8 Å². The van der Waals surface area contributed by atoms with Crippen LogP contribution in [0.2, 0.25) is 0 Å². The van der Waals surface area contributed by atoms with E-state index in [1.807, 2.05) is 18.2 Å². The van der Waals surface area contributed by atoms with Crippen LogP contribution in [0.3, 0.4) is 0 Å². The molecule has 0 aliphatic heterocycles. The molecule has 3 rings (SSSR count). The van der Waals surface area contributed by atoms with E-state index in [4.69, 9.17) is 0 Å². The molecule has 0 N–H and O–H groups in total. The summed E-state index contributed by atoms with van der Waals surface area (Å²) in [6.45, 7) is 0. The molecule has 0 unspecified atom stereocenters. The van der Waals surface area contributed by atoms with Crippen LogP contribution in [-0.2, 0) is 0 Å². The molecule has 1 aromatic heterocycles. The zero-order valence-electron chi connectivity index (χ0n) is 9.79. The Kier molecular flexibility index (Phi) is 4.18. The third-order valence-electron chi connectivity index (χ3n) is 2.53. The molecule has 2 aromatic carbocycles. The Labute approximate surface area is 130 Å². The van der Waals surface area contributed by atoms with Gasteiger partial charge in [-0.1, -0.05) is 0 Å². The van der Waals surface area contributed by atoms with Crippen LogP contribution in [0, 0.1) is 0 Å². The van der Waals surface area contributed by atoms with Crippen LogP contribution in [0.25, 0.3) is 11.3 Å². The van der Waals surface area contributed by atoms with Gasteiger partial charge in [-0.15, -0.1) is 0 Å². The fraction of sp³-hybridized carbons (Fsp3) is 0. The first-order valence-electron chi connectivity index (χ1n) is 5.64. The summed E-state index contributed by atoms with van der Waals surface area (Å²) >= 11 is 5.31. The molecule has 5 heteroatoms. The molecule has 3 aromatic rings. The van der Waals surface area contributed by atoms with Gasteiger partial charge in [-0.3, -0.25) is 0 Å². The van der Waals surface area contributed by atoms with Gasteiger partial charge in [0.15, 0.2) is 0 Å². The van der Waals surface area contributed by atoms with Crippen molar-refractivity contribution in [3.63, 3.8) is 0 Å². The van der Waals surface area contributed by atoms with Gasteiger partial charge in [0.1, 0.15) is 0 Å². The van der Waals surface area contributed by atoms with Gasteiger partial charge in [-0.25, -0.2) is 0 Å². The summed E-state index contributed by atoms with van der Waals surface area (Å²) in [5.41, 5.74) is 2.17. The molecule has 0 aliphatic carbocycles. The summed E-state index contributed by atoms with van der Waals surface area (Å²) in [5.74, 6) is 0. The third kappa shape index (κ3) is 3.18. The standard InChI is InChI=1S/C14H9BrN2SSe/c15-11-6-8-12(9-7-11)18-14-13(16-17-19-14)10-4-2-1-3-5-10/h1-9H. The average molecular weight is 396 g/mol. The molecule has 94 valence electrons. The van der Waals surface area contributed by atoms with Crippen molar-refractivity contribution >= 4 is 42.4 Å². The monoisotopic (exact) mass is 396 g/mol. The van der Waals surface area contributed by atoms with Gasteiger partial charge >= 0.3 is 131 Å². The Morgan fingerprint density at radius 2 is 1.68 bits per heavy atom. The number of halogens is 1. The first kappa shape index (κ1) is 13.1. The van der Waals surface area contributed by atoms with Crippen molar-refractivity contribution in [1.29, 1.82) is 0 Å². The number of aromatic nitrogens is 2. The molecule has 0 amide bonds. The molecule has 0 atom stereocenters. The van der Waals surface area contributed by atoms with Crippen LogP contribution in [0.5, 0.6) is 0 Å². The Morgan fingerprint density at radius 3 is 2.42 bits per heavy atom. The quantitative estimate of drug-likeness (QED) is 0.624. The summed E-state index contributed by atoms with van der Waals surface area (Å²) in [6, 6.07) is 18.6. The number of hydrogen-bond donors (Lipinski definition) is 0. The third-order valence-corrected chi connectivity index (χ3v) is 5.95. The van der Waals surface area contributed by atoms with Crippen molar-refractivity contribution in [3.8, 4) is 11.3 Å². The molecular formula is C14H9BrN2SSe. The van der Waals surface area contributed by atoms with E-state index >= 15 is 0 Å². The SMILES string of the molecule is Brc1ccc(Sc2[se]nnc2-c2ccccc2)cc1. The average Bonchev–Trinajstić information content (AvgIpc) is 2.90. The van der Waals surface area contributed by atoms with Crippen molar-refractivity contribution in [2.75, 3.05) is 0 Å². The van der Waals surface area contributed by atoms with Gasteiger partial charge in [0.2, 0.25) is 0 Å². The van der Waals surface area contributed by atoms with Crippen molar-refractivity contribution in [2.45, 2.75) is 8.66 Å². The van der Waals surface area contributed by atoms with E-state index in [-0.39, 0.29) is 14.7 Å². The van der Waals surface area contributed by atoms with Crippen molar-refractivity contribution < 1.29 is 0 Å². The Bertz CT molecular complexity index is 667. The predicted molar refractivity (Wildman–Crippen MR) is 82.7 cm³/mol. The maximum absolute atomic E-state index is 4.30. The molecule has 2 nitrogen and oxygen atoms in total. The van der Waals surface area contributed by atoms with Gasteiger partial charge in [0.05, 0.1) is 0 Å². The summed E-state index contributed by atoms with van der Waals surface area (Å²) in [7, 11) is 0. The minimum atomic E-state index is 0.100. The predicted octanol–water partition coefficient (Wildman–Crippen LogP) is 4.11. The summed E-state index contributed by atoms with van der Waals surface area (Å²) in [4.78, 5) is 1.22. The fourth-order valence-electron chi connectivity index (χ4n) is 1.63. The Morgan fingerprint density at radius 1 is 0.947 bits per heavy atom. The first-order valence-corrected chi connectivity index (χ1v) is 8.87. The zero-order valence-corrected chi connectivity index (χ0v) is 13.9. The van der Waals surface area contributed by atoms with Crippen molar-refractivity contribution in [1.82, 2.24) is 9.19 Å². The topological polar surface area (TPSA) is 25.8 Å². The second kappa shape index (κ2) is 6.05. The number of nitrogens with zero attached hydrogens (tertiary/aromatic N) is 2. The second-order valence-electron chi connectivity index (χ2n) is 3.83.